The zero-order chi connectivity index (χ0) is 19.9. The lowest BCUT2D eigenvalue weighted by molar-refractivity contribution is -0.135. The number of hydrogen-bond acceptors (Lipinski definition) is 5. The first-order valence-electron chi connectivity index (χ1n) is 9.00. The zero-order valence-corrected chi connectivity index (χ0v) is 15.4. The maximum absolute atomic E-state index is 10.6. The highest BCUT2D eigenvalue weighted by molar-refractivity contribution is 5.75. The summed E-state index contributed by atoms with van der Waals surface area (Å²) in [5, 5.41) is 7.60. The number of nitrogens with two attached hydrogens (primary N) is 2. The summed E-state index contributed by atoms with van der Waals surface area (Å²) in [5.41, 5.74) is 10.8. The third-order valence-corrected chi connectivity index (χ3v) is 3.80. The van der Waals surface area contributed by atoms with Crippen molar-refractivity contribution in [1.82, 2.24) is 0 Å². The quantitative estimate of drug-likeness (QED) is 0.706. The molecule has 3 rings (SSSR count). The van der Waals surface area contributed by atoms with E-state index in [4.69, 9.17) is 15.6 Å². The van der Waals surface area contributed by atoms with Gasteiger partial charge in [0, 0.05) is 11.6 Å². The van der Waals surface area contributed by atoms with Gasteiger partial charge in [0.2, 0.25) is 0 Å². The minimum absolute atomic E-state index is 0.278. The Morgan fingerprint density at radius 3 is 2.11 bits per heavy atom. The summed E-state index contributed by atoms with van der Waals surface area (Å²) in [5.74, 6) is 0.469. The number of rotatable bonds is 4. The first-order chi connectivity index (χ1) is 13.0. The fourth-order valence-electron chi connectivity index (χ4n) is 2.41. The molecule has 2 aromatic carbocycles. The fourth-order valence-corrected chi connectivity index (χ4v) is 2.41. The highest BCUT2D eigenvalue weighted by atomic mass is 16.5. The summed E-state index contributed by atoms with van der Waals surface area (Å²) in [6.07, 6.45) is 7.47. The molecule has 146 valence electrons. The molecule has 0 radical (unpaired) electrons. The number of aliphatic carboxylic acids is 1. The van der Waals surface area contributed by atoms with Gasteiger partial charge in [0.25, 0.3) is 0 Å². The van der Waals surface area contributed by atoms with Crippen molar-refractivity contribution < 1.29 is 19.4 Å². The summed E-state index contributed by atoms with van der Waals surface area (Å²) in [6.45, 7) is -0.278. The highest BCUT2D eigenvalue weighted by Gasteiger charge is 2.06. The van der Waals surface area contributed by atoms with Crippen molar-refractivity contribution in [1.29, 1.82) is 0 Å². The average Bonchev–Trinajstić information content (AvgIpc) is 2.70. The molecule has 0 unspecified atom stereocenters. The van der Waals surface area contributed by atoms with Crippen LogP contribution in [-0.2, 0) is 4.79 Å². The topological polar surface area (TPSA) is 116 Å². The van der Waals surface area contributed by atoms with Crippen LogP contribution < -0.4 is 16.2 Å². The molecule has 0 saturated heterocycles. The number of aldehydes is 1. The predicted octanol–water partition coefficient (Wildman–Crippen LogP) is 3.60. The summed E-state index contributed by atoms with van der Waals surface area (Å²) in [7, 11) is 0. The normalized spacial score (nSPS) is 13.3. The van der Waals surface area contributed by atoms with Crippen LogP contribution in [0.15, 0.2) is 54.6 Å². The Morgan fingerprint density at radius 2 is 1.63 bits per heavy atom. The molecule has 5 N–H and O–H groups in total. The number of benzene rings is 2. The fraction of sp³-hybridized carbons (Fsp3) is 0.333. The van der Waals surface area contributed by atoms with E-state index in [9.17, 15) is 9.59 Å². The van der Waals surface area contributed by atoms with Gasteiger partial charge in [-0.25, -0.2) is 0 Å². The van der Waals surface area contributed by atoms with Crippen molar-refractivity contribution in [3.05, 3.63) is 60.2 Å². The second kappa shape index (κ2) is 13.5. The van der Waals surface area contributed by atoms with Gasteiger partial charge >= 0.3 is 5.97 Å². The van der Waals surface area contributed by atoms with Crippen LogP contribution in [0.25, 0.3) is 0 Å². The Balaban J connectivity index is 0.000000252. The SMILES string of the molecule is NC1CCCCC1.NCC(=O)O.O=Cc1cccc(Oc2ccccc2)c1. The van der Waals surface area contributed by atoms with Crippen LogP contribution in [-0.4, -0.2) is 29.9 Å². The molecule has 0 atom stereocenters. The van der Waals surface area contributed by atoms with Crippen LogP contribution >= 0.6 is 0 Å². The first kappa shape index (κ1) is 22.3. The van der Waals surface area contributed by atoms with Gasteiger partial charge in [-0.2, -0.15) is 0 Å². The molecule has 1 aliphatic rings. The van der Waals surface area contributed by atoms with E-state index in [-0.39, 0.29) is 6.54 Å². The highest BCUT2D eigenvalue weighted by Crippen LogP contribution is 2.21. The van der Waals surface area contributed by atoms with Crippen molar-refractivity contribution in [3.8, 4) is 11.5 Å². The van der Waals surface area contributed by atoms with Crippen LogP contribution in [0.5, 0.6) is 11.5 Å². The van der Waals surface area contributed by atoms with Crippen molar-refractivity contribution in [2.45, 2.75) is 38.1 Å². The third-order valence-electron chi connectivity index (χ3n) is 3.80. The maximum Gasteiger partial charge on any atom is 0.317 e. The molecular weight excluding hydrogens is 344 g/mol. The summed E-state index contributed by atoms with van der Waals surface area (Å²) >= 11 is 0. The standard InChI is InChI=1S/C13H10O2.C6H13N.C2H5NO2/c14-10-11-5-4-8-13(9-11)15-12-6-2-1-3-7-12;7-6-4-2-1-3-5-6;3-1-2(4)5/h1-10H;6H,1-5,7H2;1,3H2,(H,4,5). The summed E-state index contributed by atoms with van der Waals surface area (Å²) in [4.78, 5) is 19.8. The zero-order valence-electron chi connectivity index (χ0n) is 15.4. The molecule has 0 heterocycles. The molecule has 6 heteroatoms. The lowest BCUT2D eigenvalue weighted by Crippen LogP contribution is -2.22. The van der Waals surface area contributed by atoms with Crippen LogP contribution in [0.1, 0.15) is 42.5 Å². The maximum atomic E-state index is 10.6. The molecule has 1 fully saturated rings. The largest absolute Gasteiger partial charge is 0.480 e. The van der Waals surface area contributed by atoms with Crippen LogP contribution in [0.3, 0.4) is 0 Å². The molecule has 0 aliphatic heterocycles. The van der Waals surface area contributed by atoms with E-state index >= 15 is 0 Å². The van der Waals surface area contributed by atoms with Crippen LogP contribution in [0.2, 0.25) is 0 Å². The molecule has 0 amide bonds. The van der Waals surface area contributed by atoms with Gasteiger partial charge in [0.15, 0.2) is 0 Å². The Morgan fingerprint density at radius 1 is 1.04 bits per heavy atom. The molecule has 27 heavy (non-hydrogen) atoms. The molecule has 1 aliphatic carbocycles. The van der Waals surface area contributed by atoms with E-state index in [1.54, 1.807) is 18.2 Å². The predicted molar refractivity (Wildman–Crippen MR) is 106 cm³/mol. The smallest absolute Gasteiger partial charge is 0.317 e. The van der Waals surface area contributed by atoms with Crippen molar-refractivity contribution in [2.75, 3.05) is 6.54 Å². The van der Waals surface area contributed by atoms with Gasteiger partial charge in [-0.3, -0.25) is 9.59 Å². The van der Waals surface area contributed by atoms with Gasteiger partial charge in [0.05, 0.1) is 6.54 Å². The van der Waals surface area contributed by atoms with Gasteiger partial charge in [0.1, 0.15) is 17.8 Å². The number of para-hydroxylation sites is 1. The number of carbonyl (C=O) groups excluding carboxylic acids is 1. The van der Waals surface area contributed by atoms with Gasteiger partial charge in [-0.05, 0) is 37.1 Å². The molecule has 1 saturated carbocycles. The van der Waals surface area contributed by atoms with Crippen molar-refractivity contribution >= 4 is 12.3 Å². The number of ether oxygens (including phenoxy) is 1. The van der Waals surface area contributed by atoms with E-state index in [0.29, 0.717) is 17.4 Å². The Labute approximate surface area is 160 Å². The lowest BCUT2D eigenvalue weighted by Gasteiger charge is -2.15. The van der Waals surface area contributed by atoms with Gasteiger partial charge in [-0.15, -0.1) is 0 Å². The Kier molecular flexibility index (Phi) is 11.2. The second-order valence-corrected chi connectivity index (χ2v) is 6.10. The number of carbonyl (C=O) groups is 2. The van der Waals surface area contributed by atoms with Crippen LogP contribution in [0, 0.1) is 0 Å². The average molecular weight is 372 g/mol. The van der Waals surface area contributed by atoms with E-state index in [0.717, 1.165) is 12.0 Å². The van der Waals surface area contributed by atoms with Crippen molar-refractivity contribution in [3.63, 3.8) is 0 Å². The minimum atomic E-state index is -0.968. The first-order valence-corrected chi connectivity index (χ1v) is 9.00. The number of carboxylic acids is 1. The molecule has 2 aromatic rings. The van der Waals surface area contributed by atoms with Crippen molar-refractivity contribution in [2.24, 2.45) is 11.5 Å². The Hall–Kier alpha value is -2.70. The van der Waals surface area contributed by atoms with E-state index < -0.39 is 5.97 Å². The molecular formula is C21H28N2O4. The van der Waals surface area contributed by atoms with E-state index in [1.165, 1.54) is 32.1 Å². The number of hydrogen-bond donors (Lipinski definition) is 3. The molecule has 0 bridgehead atoms. The van der Waals surface area contributed by atoms with E-state index in [1.807, 2.05) is 36.4 Å². The van der Waals surface area contributed by atoms with Gasteiger partial charge < -0.3 is 21.3 Å². The second-order valence-electron chi connectivity index (χ2n) is 6.10. The monoisotopic (exact) mass is 372 g/mol. The summed E-state index contributed by atoms with van der Waals surface area (Å²) in [6, 6.07) is 17.1. The number of carboxylic acid groups (broad SMARTS) is 1. The molecule has 0 spiro atoms. The molecule has 0 aromatic heterocycles. The third kappa shape index (κ3) is 10.8. The van der Waals surface area contributed by atoms with Crippen LogP contribution in [0.4, 0.5) is 0 Å². The lowest BCUT2D eigenvalue weighted by atomic mass is 9.97. The Bertz CT molecular complexity index is 671. The van der Waals surface area contributed by atoms with Gasteiger partial charge in [-0.1, -0.05) is 49.6 Å². The molecule has 6 nitrogen and oxygen atoms in total. The summed E-state index contributed by atoms with van der Waals surface area (Å²) < 4.78 is 5.56. The minimum Gasteiger partial charge on any atom is -0.480 e. The van der Waals surface area contributed by atoms with E-state index in [2.05, 4.69) is 5.73 Å².